The van der Waals surface area contributed by atoms with Crippen LogP contribution in [0.4, 0.5) is 0 Å². The second-order valence-electron chi connectivity index (χ2n) is 9.98. The third-order valence-corrected chi connectivity index (χ3v) is 6.06. The maximum atomic E-state index is 13.2. The smallest absolute Gasteiger partial charge is 0.295 e. The summed E-state index contributed by atoms with van der Waals surface area (Å²) in [7, 11) is 3.95. The van der Waals surface area contributed by atoms with Gasteiger partial charge in [-0.2, -0.15) is 0 Å². The van der Waals surface area contributed by atoms with Gasteiger partial charge in [0.1, 0.15) is 11.5 Å². The second-order valence-corrected chi connectivity index (χ2v) is 9.98. The molecule has 0 spiro atoms. The maximum Gasteiger partial charge on any atom is 0.295 e. The maximum absolute atomic E-state index is 13.2. The second kappa shape index (κ2) is 10.4. The molecule has 1 atom stereocenters. The number of amides is 1. The zero-order valence-corrected chi connectivity index (χ0v) is 21.1. The van der Waals surface area contributed by atoms with Crippen LogP contribution in [0.3, 0.4) is 0 Å². The highest BCUT2D eigenvalue weighted by Crippen LogP contribution is 2.40. The van der Waals surface area contributed by atoms with Crippen molar-refractivity contribution in [3.8, 4) is 5.75 Å². The fourth-order valence-corrected chi connectivity index (χ4v) is 4.24. The van der Waals surface area contributed by atoms with E-state index in [2.05, 4.69) is 20.8 Å². The van der Waals surface area contributed by atoms with Gasteiger partial charge in [-0.15, -0.1) is 0 Å². The monoisotopic (exact) mass is 464 g/mol. The van der Waals surface area contributed by atoms with Crippen molar-refractivity contribution in [2.75, 3.05) is 33.8 Å². The van der Waals surface area contributed by atoms with Gasteiger partial charge < -0.3 is 19.6 Å². The molecule has 0 aromatic heterocycles. The Morgan fingerprint density at radius 1 is 1.09 bits per heavy atom. The molecule has 0 bridgehead atoms. The van der Waals surface area contributed by atoms with Crippen molar-refractivity contribution in [2.45, 2.75) is 45.6 Å². The summed E-state index contributed by atoms with van der Waals surface area (Å²) in [5, 5.41) is 11.3. The Hall–Kier alpha value is -3.12. The van der Waals surface area contributed by atoms with Gasteiger partial charge in [0.05, 0.1) is 18.2 Å². The fraction of sp³-hybridized carbons (Fsp3) is 0.429. The quantitative estimate of drug-likeness (QED) is 0.347. The average Bonchev–Trinajstić information content (AvgIpc) is 3.03. The van der Waals surface area contributed by atoms with Crippen LogP contribution in [-0.2, 0) is 15.0 Å². The third-order valence-electron chi connectivity index (χ3n) is 6.06. The molecule has 6 nitrogen and oxygen atoms in total. The van der Waals surface area contributed by atoms with Crippen LogP contribution in [0, 0.1) is 0 Å². The summed E-state index contributed by atoms with van der Waals surface area (Å²) in [5.74, 6) is -0.821. The Bertz CT molecular complexity index is 1060. The van der Waals surface area contributed by atoms with Gasteiger partial charge >= 0.3 is 0 Å². The number of rotatable bonds is 8. The predicted molar refractivity (Wildman–Crippen MR) is 135 cm³/mol. The first-order valence-electron chi connectivity index (χ1n) is 11.8. The van der Waals surface area contributed by atoms with Gasteiger partial charge in [-0.1, -0.05) is 57.2 Å². The zero-order valence-electron chi connectivity index (χ0n) is 21.1. The molecule has 2 aromatic rings. The largest absolute Gasteiger partial charge is 0.507 e. The Kier molecular flexibility index (Phi) is 7.82. The molecule has 0 saturated carbocycles. The number of carbonyl (C=O) groups excluding carboxylic acids is 2. The topological polar surface area (TPSA) is 70.1 Å². The van der Waals surface area contributed by atoms with Crippen molar-refractivity contribution in [3.63, 3.8) is 0 Å². The molecule has 0 aliphatic carbocycles. The fourth-order valence-electron chi connectivity index (χ4n) is 4.24. The summed E-state index contributed by atoms with van der Waals surface area (Å²) in [6.45, 7) is 10.00. The first kappa shape index (κ1) is 25.5. The average molecular weight is 465 g/mol. The van der Waals surface area contributed by atoms with E-state index in [0.717, 1.165) is 24.1 Å². The number of ether oxygens (including phenoxy) is 1. The van der Waals surface area contributed by atoms with Gasteiger partial charge in [0.2, 0.25) is 0 Å². The molecule has 1 amide bonds. The van der Waals surface area contributed by atoms with E-state index in [1.165, 1.54) is 0 Å². The van der Waals surface area contributed by atoms with Gasteiger partial charge in [0, 0.05) is 12.1 Å². The molecule has 1 saturated heterocycles. The van der Waals surface area contributed by atoms with Gasteiger partial charge in [-0.25, -0.2) is 0 Å². The van der Waals surface area contributed by atoms with Crippen LogP contribution in [0.2, 0.25) is 0 Å². The number of aliphatic hydroxyl groups is 1. The lowest BCUT2D eigenvalue weighted by Gasteiger charge is -2.27. The minimum Gasteiger partial charge on any atom is -0.507 e. The molecule has 34 heavy (non-hydrogen) atoms. The Labute approximate surface area is 202 Å². The summed E-state index contributed by atoms with van der Waals surface area (Å²) in [6, 6.07) is 14.3. The van der Waals surface area contributed by atoms with E-state index < -0.39 is 17.7 Å². The highest BCUT2D eigenvalue weighted by molar-refractivity contribution is 6.46. The van der Waals surface area contributed by atoms with E-state index in [-0.39, 0.29) is 16.7 Å². The first-order chi connectivity index (χ1) is 16.0. The lowest BCUT2D eigenvalue weighted by Crippen LogP contribution is -2.32. The van der Waals surface area contributed by atoms with Crippen molar-refractivity contribution in [3.05, 3.63) is 70.8 Å². The van der Waals surface area contributed by atoms with Crippen LogP contribution in [0.5, 0.6) is 5.75 Å². The highest BCUT2D eigenvalue weighted by Gasteiger charge is 2.45. The normalized spacial score (nSPS) is 18.1. The summed E-state index contributed by atoms with van der Waals surface area (Å²) in [5.41, 5.74) is 2.51. The van der Waals surface area contributed by atoms with E-state index in [1.54, 1.807) is 29.2 Å². The lowest BCUT2D eigenvalue weighted by atomic mass is 9.85. The van der Waals surface area contributed by atoms with E-state index in [9.17, 15) is 14.7 Å². The van der Waals surface area contributed by atoms with Crippen molar-refractivity contribution >= 4 is 17.4 Å². The van der Waals surface area contributed by atoms with Crippen LogP contribution in [0.1, 0.15) is 56.8 Å². The molecule has 182 valence electrons. The molecule has 0 radical (unpaired) electrons. The minimum atomic E-state index is -0.658. The van der Waals surface area contributed by atoms with E-state index in [4.69, 9.17) is 4.74 Å². The number of hydrogen-bond donors (Lipinski definition) is 1. The summed E-state index contributed by atoms with van der Waals surface area (Å²) >= 11 is 0. The number of ketones is 1. The zero-order chi connectivity index (χ0) is 25.0. The van der Waals surface area contributed by atoms with Crippen LogP contribution in [0.25, 0.3) is 5.76 Å². The Balaban J connectivity index is 2.10. The van der Waals surface area contributed by atoms with Crippen molar-refractivity contribution in [1.82, 2.24) is 9.80 Å². The molecular formula is C28H36N2O4. The SMILES string of the molecule is CCOc1cccc(/C(O)=C2\C(=O)C(=O)N(CCCN(C)C)C2c2ccc(C(C)(C)C)cc2)c1. The number of aliphatic hydroxyl groups excluding tert-OH is 1. The van der Waals surface area contributed by atoms with E-state index in [1.807, 2.05) is 50.2 Å². The van der Waals surface area contributed by atoms with Gasteiger partial charge in [-0.3, -0.25) is 9.59 Å². The van der Waals surface area contributed by atoms with Crippen LogP contribution in [0.15, 0.2) is 54.1 Å². The standard InChI is InChI=1S/C28H36N2O4/c1-7-34-22-11-8-10-20(18-22)25(31)23-24(19-12-14-21(15-13-19)28(2,3)4)30(27(33)26(23)32)17-9-16-29(5)6/h8,10-15,18,24,31H,7,9,16-17H2,1-6H3/b25-23+. The number of carbonyl (C=O) groups is 2. The van der Waals surface area contributed by atoms with Crippen molar-refractivity contribution in [1.29, 1.82) is 0 Å². The number of nitrogens with zero attached hydrogens (tertiary/aromatic N) is 2. The Morgan fingerprint density at radius 3 is 2.35 bits per heavy atom. The van der Waals surface area contributed by atoms with Gasteiger partial charge in [-0.05, 0) is 62.7 Å². The predicted octanol–water partition coefficient (Wildman–Crippen LogP) is 4.76. The molecule has 1 N–H and O–H groups in total. The van der Waals surface area contributed by atoms with Crippen LogP contribution in [-0.4, -0.2) is 60.4 Å². The molecule has 6 heteroatoms. The van der Waals surface area contributed by atoms with Crippen LogP contribution < -0.4 is 4.74 Å². The molecule has 3 rings (SSSR count). The van der Waals surface area contributed by atoms with E-state index in [0.29, 0.717) is 24.5 Å². The number of benzene rings is 2. The lowest BCUT2D eigenvalue weighted by molar-refractivity contribution is -0.139. The van der Waals surface area contributed by atoms with Crippen LogP contribution >= 0.6 is 0 Å². The van der Waals surface area contributed by atoms with Gasteiger partial charge in [0.15, 0.2) is 0 Å². The minimum absolute atomic E-state index is 0.0221. The molecule has 1 unspecified atom stereocenters. The summed E-state index contributed by atoms with van der Waals surface area (Å²) in [4.78, 5) is 29.9. The molecular weight excluding hydrogens is 428 g/mol. The molecule has 1 aliphatic rings. The summed E-state index contributed by atoms with van der Waals surface area (Å²) in [6.07, 6.45) is 0.719. The van der Waals surface area contributed by atoms with Crippen molar-refractivity contribution < 1.29 is 19.4 Å². The Morgan fingerprint density at radius 2 is 1.76 bits per heavy atom. The third kappa shape index (κ3) is 5.50. The number of Topliss-reactive ketones (excluding diaryl/α,β-unsaturated/α-hetero) is 1. The molecule has 1 aliphatic heterocycles. The summed E-state index contributed by atoms with van der Waals surface area (Å²) < 4.78 is 5.56. The van der Waals surface area contributed by atoms with Gasteiger partial charge in [0.25, 0.3) is 11.7 Å². The molecule has 1 heterocycles. The van der Waals surface area contributed by atoms with E-state index >= 15 is 0 Å². The number of likely N-dealkylation sites (tertiary alicyclic amines) is 1. The molecule has 1 fully saturated rings. The highest BCUT2D eigenvalue weighted by atomic mass is 16.5. The molecule has 2 aromatic carbocycles. The van der Waals surface area contributed by atoms with Crippen molar-refractivity contribution in [2.24, 2.45) is 0 Å². The number of hydrogen-bond acceptors (Lipinski definition) is 5. The first-order valence-corrected chi connectivity index (χ1v) is 11.8.